The van der Waals surface area contributed by atoms with Gasteiger partial charge in [-0.05, 0) is 39.8 Å². The Morgan fingerprint density at radius 1 is 0.667 bits per heavy atom. The molecule has 1 fully saturated rings. The van der Waals surface area contributed by atoms with Crippen LogP contribution >= 0.6 is 0 Å². The lowest BCUT2D eigenvalue weighted by molar-refractivity contribution is -0.147. The Bertz CT molecular complexity index is 681. The Morgan fingerprint density at radius 2 is 1.00 bits per heavy atom. The van der Waals surface area contributed by atoms with Gasteiger partial charge < -0.3 is 9.31 Å². The third kappa shape index (κ3) is 4.05. The average molecular weight is 408 g/mol. The number of alkyl halides is 9. The lowest BCUT2D eigenvalue weighted by Crippen LogP contribution is -2.44. The maximum atomic E-state index is 13.4. The Morgan fingerprint density at radius 3 is 1.26 bits per heavy atom. The first-order valence-electron chi connectivity index (χ1n) is 7.52. The van der Waals surface area contributed by atoms with Crippen molar-refractivity contribution in [2.24, 2.45) is 0 Å². The fourth-order valence-corrected chi connectivity index (χ4v) is 2.50. The maximum absolute atomic E-state index is 13.4. The molecule has 1 aliphatic rings. The second kappa shape index (κ2) is 6.03. The van der Waals surface area contributed by atoms with E-state index in [4.69, 9.17) is 9.31 Å². The molecule has 0 N–H and O–H groups in total. The molecule has 0 spiro atoms. The van der Waals surface area contributed by atoms with Crippen LogP contribution in [0.25, 0.3) is 0 Å². The van der Waals surface area contributed by atoms with Crippen LogP contribution < -0.4 is 5.46 Å². The molecule has 0 aromatic heterocycles. The first kappa shape index (κ1) is 21.9. The molecule has 1 saturated heterocycles. The molecule has 1 aromatic rings. The summed E-state index contributed by atoms with van der Waals surface area (Å²) in [4.78, 5) is 0. The molecule has 0 aliphatic carbocycles. The molecule has 1 heterocycles. The molecule has 152 valence electrons. The largest absolute Gasteiger partial charge is 0.496 e. The second-order valence-corrected chi connectivity index (χ2v) is 7.07. The van der Waals surface area contributed by atoms with Crippen molar-refractivity contribution < 1.29 is 48.8 Å². The van der Waals surface area contributed by atoms with Crippen LogP contribution in [0, 0.1) is 0 Å². The van der Waals surface area contributed by atoms with Crippen LogP contribution in [0.5, 0.6) is 0 Å². The molecule has 2 rings (SSSR count). The Labute approximate surface area is 148 Å². The Balaban J connectivity index is 2.83. The number of hydrogen-bond donors (Lipinski definition) is 0. The van der Waals surface area contributed by atoms with Gasteiger partial charge in [-0.2, -0.15) is 39.5 Å². The van der Waals surface area contributed by atoms with Crippen LogP contribution in [-0.2, 0) is 27.8 Å². The zero-order valence-electron chi connectivity index (χ0n) is 14.5. The molecule has 1 aliphatic heterocycles. The molecule has 1 aromatic carbocycles. The van der Waals surface area contributed by atoms with E-state index < -0.39 is 59.0 Å². The Hall–Kier alpha value is -1.43. The minimum Gasteiger partial charge on any atom is -0.399 e. The monoisotopic (exact) mass is 408 g/mol. The normalized spacial score (nSPS) is 20.3. The van der Waals surface area contributed by atoms with Crippen LogP contribution in [0.15, 0.2) is 12.1 Å². The van der Waals surface area contributed by atoms with Crippen molar-refractivity contribution in [3.63, 3.8) is 0 Å². The van der Waals surface area contributed by atoms with Crippen molar-refractivity contribution in [2.75, 3.05) is 0 Å². The molecule has 0 atom stereocenters. The predicted molar refractivity (Wildman–Crippen MR) is 77.2 cm³/mol. The molecule has 27 heavy (non-hydrogen) atoms. The minimum absolute atomic E-state index is 0.365. The standard InChI is InChI=1S/C15H14BF9O2/c1-11(2)12(3,4)27-16(26-11)10-8(14(20,21)22)5-7(13(17,18)19)6-9(10)15(23,24)25/h5-6H,1-4H3. The third-order valence-electron chi connectivity index (χ3n) is 4.61. The zero-order valence-corrected chi connectivity index (χ0v) is 14.5. The zero-order chi connectivity index (χ0) is 21.2. The predicted octanol–water partition coefficient (Wildman–Crippen LogP) is 5.04. The summed E-state index contributed by atoms with van der Waals surface area (Å²) in [7, 11) is -2.15. The quantitative estimate of drug-likeness (QED) is 0.479. The number of hydrogen-bond acceptors (Lipinski definition) is 2. The highest BCUT2D eigenvalue weighted by molar-refractivity contribution is 6.63. The second-order valence-electron chi connectivity index (χ2n) is 7.07. The summed E-state index contributed by atoms with van der Waals surface area (Å²) in [5, 5.41) is 0. The summed E-state index contributed by atoms with van der Waals surface area (Å²) in [5.74, 6) is 0. The van der Waals surface area contributed by atoms with Gasteiger partial charge in [0.2, 0.25) is 0 Å². The molecular formula is C15H14BF9O2. The van der Waals surface area contributed by atoms with Crippen LogP contribution in [0.2, 0.25) is 0 Å². The van der Waals surface area contributed by atoms with Crippen molar-refractivity contribution in [3.05, 3.63) is 28.8 Å². The SMILES string of the molecule is CC1(C)OB(c2c(C(F)(F)F)cc(C(F)(F)F)cc2C(F)(F)F)OC1(C)C. The maximum Gasteiger partial charge on any atom is 0.496 e. The third-order valence-corrected chi connectivity index (χ3v) is 4.61. The highest BCUT2D eigenvalue weighted by Crippen LogP contribution is 2.43. The Kier molecular flexibility index (Phi) is 4.89. The average Bonchev–Trinajstić information content (AvgIpc) is 2.62. The summed E-state index contributed by atoms with van der Waals surface area (Å²) in [6, 6.07) is -0.731. The number of benzene rings is 1. The molecule has 2 nitrogen and oxygen atoms in total. The van der Waals surface area contributed by atoms with Crippen molar-refractivity contribution in [2.45, 2.75) is 57.4 Å². The van der Waals surface area contributed by atoms with Crippen molar-refractivity contribution in [3.8, 4) is 0 Å². The van der Waals surface area contributed by atoms with E-state index in [0.29, 0.717) is 0 Å². The molecule has 0 unspecified atom stereocenters. The number of rotatable bonds is 1. The van der Waals surface area contributed by atoms with E-state index >= 15 is 0 Å². The molecule has 0 saturated carbocycles. The van der Waals surface area contributed by atoms with Crippen LogP contribution in [-0.4, -0.2) is 18.3 Å². The highest BCUT2D eigenvalue weighted by atomic mass is 19.4. The van der Waals surface area contributed by atoms with Crippen molar-refractivity contribution in [1.82, 2.24) is 0 Å². The van der Waals surface area contributed by atoms with E-state index in [1.165, 1.54) is 27.7 Å². The van der Waals surface area contributed by atoms with Gasteiger partial charge in [0, 0.05) is 5.46 Å². The lowest BCUT2D eigenvalue weighted by atomic mass is 9.71. The lowest BCUT2D eigenvalue weighted by Gasteiger charge is -2.32. The van der Waals surface area contributed by atoms with Crippen LogP contribution in [0.1, 0.15) is 44.4 Å². The first-order chi connectivity index (χ1) is 11.8. The van der Waals surface area contributed by atoms with Crippen LogP contribution in [0.4, 0.5) is 39.5 Å². The summed E-state index contributed by atoms with van der Waals surface area (Å²) in [6.07, 6.45) is -16.4. The summed E-state index contributed by atoms with van der Waals surface area (Å²) in [6.45, 7) is 5.55. The highest BCUT2D eigenvalue weighted by Gasteiger charge is 2.56. The van der Waals surface area contributed by atoms with E-state index in [1.807, 2.05) is 0 Å². The van der Waals surface area contributed by atoms with Crippen LogP contribution in [0.3, 0.4) is 0 Å². The molecule has 0 amide bonds. The van der Waals surface area contributed by atoms with Gasteiger partial charge in [0.05, 0.1) is 27.9 Å². The van der Waals surface area contributed by atoms with E-state index in [9.17, 15) is 39.5 Å². The molecule has 0 bridgehead atoms. The summed E-state index contributed by atoms with van der Waals surface area (Å²) in [5.41, 5.74) is -10.4. The van der Waals surface area contributed by atoms with E-state index in [-0.39, 0.29) is 12.1 Å². The first-order valence-corrected chi connectivity index (χ1v) is 7.52. The van der Waals surface area contributed by atoms with Gasteiger partial charge in [-0.25, -0.2) is 0 Å². The molecule has 12 heteroatoms. The summed E-state index contributed by atoms with van der Waals surface area (Å²) >= 11 is 0. The van der Waals surface area contributed by atoms with Gasteiger partial charge >= 0.3 is 25.6 Å². The van der Waals surface area contributed by atoms with Crippen molar-refractivity contribution in [1.29, 1.82) is 0 Å². The molecular weight excluding hydrogens is 394 g/mol. The van der Waals surface area contributed by atoms with Gasteiger partial charge in [0.25, 0.3) is 0 Å². The van der Waals surface area contributed by atoms with Gasteiger partial charge in [-0.3, -0.25) is 0 Å². The fraction of sp³-hybridized carbons (Fsp3) is 0.600. The minimum atomic E-state index is -5.50. The van der Waals surface area contributed by atoms with Crippen molar-refractivity contribution >= 4 is 12.6 Å². The summed E-state index contributed by atoms with van der Waals surface area (Å²) < 4.78 is 129. The molecule has 0 radical (unpaired) electrons. The van der Waals surface area contributed by atoms with E-state index in [1.54, 1.807) is 0 Å². The van der Waals surface area contributed by atoms with E-state index in [2.05, 4.69) is 0 Å². The van der Waals surface area contributed by atoms with Gasteiger partial charge in [-0.1, -0.05) is 0 Å². The van der Waals surface area contributed by atoms with Gasteiger partial charge in [0.15, 0.2) is 0 Å². The number of halogens is 9. The topological polar surface area (TPSA) is 18.5 Å². The smallest absolute Gasteiger partial charge is 0.399 e. The van der Waals surface area contributed by atoms with E-state index in [0.717, 1.165) is 0 Å². The fourth-order valence-electron chi connectivity index (χ4n) is 2.50. The van der Waals surface area contributed by atoms with Gasteiger partial charge in [-0.15, -0.1) is 0 Å². The van der Waals surface area contributed by atoms with Gasteiger partial charge in [0.1, 0.15) is 0 Å².